The summed E-state index contributed by atoms with van der Waals surface area (Å²) < 4.78 is 24.1. The molecule has 0 unspecified atom stereocenters. The summed E-state index contributed by atoms with van der Waals surface area (Å²) in [5.41, 5.74) is 1.74. The summed E-state index contributed by atoms with van der Waals surface area (Å²) in [6.07, 6.45) is 2.57. The summed E-state index contributed by atoms with van der Waals surface area (Å²) in [6.45, 7) is 4.87. The molecule has 0 saturated heterocycles. The van der Waals surface area contributed by atoms with E-state index in [0.29, 0.717) is 12.4 Å². The number of nitrogens with zero attached hydrogens (tertiary/aromatic N) is 4. The highest BCUT2D eigenvalue weighted by Crippen LogP contribution is 2.43. The van der Waals surface area contributed by atoms with Crippen molar-refractivity contribution in [2.24, 2.45) is 0 Å². The molecule has 0 atom stereocenters. The Labute approximate surface area is 137 Å². The molecule has 6 nitrogen and oxygen atoms in total. The van der Waals surface area contributed by atoms with E-state index in [4.69, 9.17) is 0 Å². The van der Waals surface area contributed by atoms with Crippen molar-refractivity contribution in [2.45, 2.75) is 24.4 Å². The van der Waals surface area contributed by atoms with Crippen molar-refractivity contribution in [1.82, 2.24) is 15.0 Å². The van der Waals surface area contributed by atoms with Crippen LogP contribution in [0.2, 0.25) is 0 Å². The lowest BCUT2D eigenvalue weighted by Crippen LogP contribution is -2.26. The van der Waals surface area contributed by atoms with E-state index in [0.717, 1.165) is 22.2 Å². The number of rotatable bonds is 2. The van der Waals surface area contributed by atoms with Gasteiger partial charge in [-0.15, -0.1) is 0 Å². The summed E-state index contributed by atoms with van der Waals surface area (Å²) >= 11 is 3.40. The van der Waals surface area contributed by atoms with E-state index < -0.39 is 9.84 Å². The lowest BCUT2D eigenvalue weighted by atomic mass is 9.91. The summed E-state index contributed by atoms with van der Waals surface area (Å²) in [7, 11) is -3.44. The molecular weight excluding hydrogens is 368 g/mol. The first-order valence-corrected chi connectivity index (χ1v) is 9.35. The lowest BCUT2D eigenvalue weighted by molar-refractivity contribution is 0.551. The van der Waals surface area contributed by atoms with Crippen molar-refractivity contribution in [1.29, 1.82) is 0 Å². The molecule has 0 fully saturated rings. The molecule has 1 aliphatic heterocycles. The van der Waals surface area contributed by atoms with Gasteiger partial charge in [-0.05, 0) is 34.1 Å². The van der Waals surface area contributed by atoms with Gasteiger partial charge in [0, 0.05) is 24.4 Å². The third kappa shape index (κ3) is 2.61. The van der Waals surface area contributed by atoms with Crippen molar-refractivity contribution in [3.63, 3.8) is 0 Å². The Bertz CT molecular complexity index is 852. The van der Waals surface area contributed by atoms with E-state index in [1.807, 2.05) is 17.0 Å². The molecule has 0 radical (unpaired) electrons. The number of hydrogen-bond donors (Lipinski definition) is 0. The van der Waals surface area contributed by atoms with Crippen molar-refractivity contribution in [3.8, 4) is 0 Å². The van der Waals surface area contributed by atoms with Gasteiger partial charge in [-0.1, -0.05) is 13.8 Å². The maximum Gasteiger partial charge on any atom is 0.248 e. The molecule has 22 heavy (non-hydrogen) atoms. The van der Waals surface area contributed by atoms with Gasteiger partial charge in [-0.3, -0.25) is 0 Å². The Morgan fingerprint density at radius 1 is 1.23 bits per heavy atom. The molecule has 2 aromatic heterocycles. The molecule has 0 amide bonds. The maximum absolute atomic E-state index is 11.7. The van der Waals surface area contributed by atoms with Crippen LogP contribution in [0.15, 0.2) is 34.2 Å². The van der Waals surface area contributed by atoms with E-state index >= 15 is 0 Å². The van der Waals surface area contributed by atoms with Gasteiger partial charge in [0.15, 0.2) is 0 Å². The monoisotopic (exact) mass is 382 g/mol. The second kappa shape index (κ2) is 4.99. The minimum absolute atomic E-state index is 0.157. The summed E-state index contributed by atoms with van der Waals surface area (Å²) in [5.74, 6) is 0.561. The highest BCUT2D eigenvalue weighted by atomic mass is 79.9. The molecule has 0 aliphatic carbocycles. The van der Waals surface area contributed by atoms with Gasteiger partial charge in [0.1, 0.15) is 10.4 Å². The largest absolute Gasteiger partial charge is 0.324 e. The van der Waals surface area contributed by atoms with Gasteiger partial charge >= 0.3 is 0 Å². The van der Waals surface area contributed by atoms with E-state index in [-0.39, 0.29) is 10.6 Å². The number of sulfone groups is 1. The second-order valence-electron chi connectivity index (χ2n) is 5.94. The Kier molecular flexibility index (Phi) is 3.48. The molecule has 0 N–H and O–H groups in total. The van der Waals surface area contributed by atoms with Crippen LogP contribution in [-0.4, -0.2) is 36.2 Å². The number of hydrogen-bond acceptors (Lipinski definition) is 6. The fourth-order valence-corrected chi connectivity index (χ4v) is 3.39. The van der Waals surface area contributed by atoms with E-state index in [9.17, 15) is 8.42 Å². The molecule has 2 aromatic rings. The van der Waals surface area contributed by atoms with Crippen LogP contribution < -0.4 is 4.90 Å². The smallest absolute Gasteiger partial charge is 0.248 e. The number of halogens is 1. The average molecular weight is 383 g/mol. The van der Waals surface area contributed by atoms with Crippen LogP contribution in [0.4, 0.5) is 11.5 Å². The zero-order chi connectivity index (χ0) is 16.1. The third-order valence-corrected chi connectivity index (χ3v) is 4.85. The quantitative estimate of drug-likeness (QED) is 0.586. The molecule has 3 rings (SSSR count). The van der Waals surface area contributed by atoms with E-state index in [1.54, 1.807) is 6.07 Å². The Balaban J connectivity index is 2.12. The zero-order valence-electron chi connectivity index (χ0n) is 12.4. The first kappa shape index (κ1) is 15.4. The third-order valence-electron chi connectivity index (χ3n) is 3.55. The molecular formula is C14H15BrN4O2S. The van der Waals surface area contributed by atoms with Crippen LogP contribution >= 0.6 is 15.9 Å². The number of anilines is 2. The molecule has 0 saturated carbocycles. The highest BCUT2D eigenvalue weighted by Gasteiger charge is 2.38. The molecule has 0 spiro atoms. The standard InChI is InChI=1S/C14H15BrN4O2S/c1-14(2)8-19(9-4-5-10(15)17-12(9)14)11-6-7-16-13(18-11)22(3,20)21/h4-7H,8H2,1-3H3. The summed E-state index contributed by atoms with van der Waals surface area (Å²) in [4.78, 5) is 14.6. The van der Waals surface area contributed by atoms with Crippen LogP contribution in [0, 0.1) is 0 Å². The molecule has 0 bridgehead atoms. The normalized spacial score (nSPS) is 16.6. The fraction of sp³-hybridized carbons (Fsp3) is 0.357. The van der Waals surface area contributed by atoms with Crippen LogP contribution in [0.1, 0.15) is 19.5 Å². The SMILES string of the molecule is CC1(C)CN(c2ccnc(S(C)(=O)=O)n2)c2ccc(Br)nc21. The van der Waals surface area contributed by atoms with Crippen LogP contribution in [0.25, 0.3) is 0 Å². The van der Waals surface area contributed by atoms with Crippen LogP contribution in [0.3, 0.4) is 0 Å². The molecule has 116 valence electrons. The maximum atomic E-state index is 11.7. The number of pyridine rings is 1. The Hall–Kier alpha value is -1.54. The van der Waals surface area contributed by atoms with E-state index in [2.05, 4.69) is 44.7 Å². The minimum atomic E-state index is -3.44. The summed E-state index contributed by atoms with van der Waals surface area (Å²) in [5, 5.41) is -0.165. The van der Waals surface area contributed by atoms with Crippen molar-refractivity contribution in [2.75, 3.05) is 17.7 Å². The second-order valence-corrected chi connectivity index (χ2v) is 8.66. The van der Waals surface area contributed by atoms with Crippen LogP contribution in [0.5, 0.6) is 0 Å². The Morgan fingerprint density at radius 2 is 1.95 bits per heavy atom. The highest BCUT2D eigenvalue weighted by molar-refractivity contribution is 9.10. The van der Waals surface area contributed by atoms with Crippen LogP contribution in [-0.2, 0) is 15.3 Å². The number of fused-ring (bicyclic) bond motifs is 1. The Morgan fingerprint density at radius 3 is 2.64 bits per heavy atom. The van der Waals surface area contributed by atoms with Gasteiger partial charge < -0.3 is 4.90 Å². The van der Waals surface area contributed by atoms with Crippen molar-refractivity contribution in [3.05, 3.63) is 34.7 Å². The lowest BCUT2D eigenvalue weighted by Gasteiger charge is -2.21. The topological polar surface area (TPSA) is 76.1 Å². The predicted molar refractivity (Wildman–Crippen MR) is 87.1 cm³/mol. The first-order valence-electron chi connectivity index (χ1n) is 6.66. The van der Waals surface area contributed by atoms with Crippen molar-refractivity contribution < 1.29 is 8.42 Å². The minimum Gasteiger partial charge on any atom is -0.324 e. The predicted octanol–water partition coefficient (Wildman–Crippen LogP) is 2.47. The molecule has 0 aromatic carbocycles. The van der Waals surface area contributed by atoms with Crippen molar-refractivity contribution >= 4 is 37.3 Å². The zero-order valence-corrected chi connectivity index (χ0v) is 14.8. The average Bonchev–Trinajstić information content (AvgIpc) is 2.70. The fourth-order valence-electron chi connectivity index (χ4n) is 2.56. The summed E-state index contributed by atoms with van der Waals surface area (Å²) in [6, 6.07) is 5.54. The number of aromatic nitrogens is 3. The molecule has 3 heterocycles. The molecule has 1 aliphatic rings. The van der Waals surface area contributed by atoms with Gasteiger partial charge in [0.05, 0.1) is 11.4 Å². The molecule has 8 heteroatoms. The van der Waals surface area contributed by atoms with Gasteiger partial charge in [-0.2, -0.15) is 0 Å². The first-order chi connectivity index (χ1) is 10.2. The van der Waals surface area contributed by atoms with Gasteiger partial charge in [0.25, 0.3) is 0 Å². The van der Waals surface area contributed by atoms with Gasteiger partial charge in [0.2, 0.25) is 15.0 Å². The van der Waals surface area contributed by atoms with Gasteiger partial charge in [-0.25, -0.2) is 23.4 Å². The van der Waals surface area contributed by atoms with E-state index in [1.165, 1.54) is 6.20 Å².